The Morgan fingerprint density at radius 3 is 1.80 bits per heavy atom. The van der Waals surface area contributed by atoms with Gasteiger partial charge in [-0.25, -0.2) is 0 Å². The van der Waals surface area contributed by atoms with Crippen LogP contribution in [-0.4, -0.2) is 61.0 Å². The van der Waals surface area contributed by atoms with Gasteiger partial charge in [0.25, 0.3) is 0 Å². The summed E-state index contributed by atoms with van der Waals surface area (Å²) in [6.45, 7) is 22.5. The van der Waals surface area contributed by atoms with Crippen LogP contribution in [-0.2, 0) is 9.59 Å². The average Bonchev–Trinajstić information content (AvgIpc) is 2.81. The van der Waals surface area contributed by atoms with Crippen molar-refractivity contribution in [2.45, 2.75) is 162 Å². The third kappa shape index (κ3) is 20.4. The van der Waals surface area contributed by atoms with Crippen molar-refractivity contribution in [2.75, 3.05) is 19.6 Å². The maximum absolute atomic E-state index is 13.2. The van der Waals surface area contributed by atoms with Crippen LogP contribution < -0.4 is 26.6 Å². The highest BCUT2D eigenvalue weighted by atomic mass is 16.2. The Labute approximate surface area is 247 Å². The minimum Gasteiger partial charge on any atom is -0.386 e. The molecular weight excluding hydrogens is 498 g/mol. The second kappa shape index (κ2) is 20.4. The van der Waals surface area contributed by atoms with Gasteiger partial charge in [0, 0.05) is 54.7 Å². The van der Waals surface area contributed by atoms with Crippen molar-refractivity contribution >= 4 is 11.7 Å². The maximum Gasteiger partial charge on any atom is 0.222 e. The molecule has 1 heterocycles. The maximum atomic E-state index is 13.2. The second-order valence-corrected chi connectivity index (χ2v) is 13.8. The van der Waals surface area contributed by atoms with E-state index in [0.717, 1.165) is 89.5 Å². The molecule has 0 aliphatic carbocycles. The number of carbonyl (C=O) groups is 2. The zero-order chi connectivity index (χ0) is 30.0. The first-order valence-electron chi connectivity index (χ1n) is 16.3. The molecule has 5 N–H and O–H groups in total. The molecule has 1 aliphatic rings. The molecule has 7 heteroatoms. The van der Waals surface area contributed by atoms with E-state index in [1.54, 1.807) is 0 Å². The highest BCUT2D eigenvalue weighted by molar-refractivity contribution is 5.81. The van der Waals surface area contributed by atoms with Crippen LogP contribution in [0.1, 0.15) is 132 Å². The molecule has 1 rings (SSSR count). The van der Waals surface area contributed by atoms with Crippen LogP contribution in [0.25, 0.3) is 0 Å². The largest absolute Gasteiger partial charge is 0.386 e. The molecule has 1 fully saturated rings. The van der Waals surface area contributed by atoms with Gasteiger partial charge in [0.05, 0.1) is 0 Å². The zero-order valence-corrected chi connectivity index (χ0v) is 27.2. The molecule has 7 nitrogen and oxygen atoms in total. The fourth-order valence-electron chi connectivity index (χ4n) is 5.45. The predicted octanol–water partition coefficient (Wildman–Crippen LogP) is 5.60. The van der Waals surface area contributed by atoms with Gasteiger partial charge < -0.3 is 26.6 Å². The molecule has 40 heavy (non-hydrogen) atoms. The molecule has 0 saturated carbocycles. The normalized spacial score (nSPS) is 21.7. The molecular formula is C33H65N5O2. The van der Waals surface area contributed by atoms with Crippen LogP contribution in [0.4, 0.5) is 0 Å². The molecule has 0 aromatic heterocycles. The topological polar surface area (TPSA) is 94.3 Å². The number of hydrogen-bond donors (Lipinski definition) is 5. The molecule has 1 amide bonds. The monoisotopic (exact) mass is 564 g/mol. The fourth-order valence-corrected chi connectivity index (χ4v) is 5.45. The van der Waals surface area contributed by atoms with Crippen LogP contribution >= 0.6 is 0 Å². The van der Waals surface area contributed by atoms with E-state index in [9.17, 15) is 9.59 Å². The number of rotatable bonds is 17. The first-order valence-corrected chi connectivity index (χ1v) is 16.3. The number of ketones is 1. The van der Waals surface area contributed by atoms with Crippen LogP contribution in [0.3, 0.4) is 0 Å². The van der Waals surface area contributed by atoms with Gasteiger partial charge in [-0.15, -0.1) is 0 Å². The summed E-state index contributed by atoms with van der Waals surface area (Å²) in [5.41, 5.74) is 1.08. The molecule has 1 saturated heterocycles. The first kappa shape index (κ1) is 36.6. The van der Waals surface area contributed by atoms with E-state index in [2.05, 4.69) is 81.6 Å². The Morgan fingerprint density at radius 1 is 0.725 bits per heavy atom. The van der Waals surface area contributed by atoms with E-state index in [-0.39, 0.29) is 29.3 Å². The number of unbranched alkanes of at least 4 members (excludes halogenated alkanes) is 3. The summed E-state index contributed by atoms with van der Waals surface area (Å²) in [6, 6.07) is 0.992. The molecule has 0 aromatic rings. The lowest BCUT2D eigenvalue weighted by Gasteiger charge is -2.27. The third-order valence-corrected chi connectivity index (χ3v) is 7.49. The van der Waals surface area contributed by atoms with E-state index < -0.39 is 0 Å². The Kier molecular flexibility index (Phi) is 18.7. The fraction of sp³-hybridized carbons (Fsp3) is 0.879. The summed E-state index contributed by atoms with van der Waals surface area (Å²) >= 11 is 0. The van der Waals surface area contributed by atoms with E-state index in [0.29, 0.717) is 37.3 Å². The number of hydrogen-bond acceptors (Lipinski definition) is 6. The van der Waals surface area contributed by atoms with Crippen molar-refractivity contribution in [3.05, 3.63) is 12.3 Å². The molecule has 3 atom stereocenters. The number of Topliss-reactive ketones (excluding diaryl/α,β-unsaturated/α-hetero) is 1. The molecule has 234 valence electrons. The highest BCUT2D eigenvalue weighted by Crippen LogP contribution is 2.23. The first-order chi connectivity index (χ1) is 18.8. The van der Waals surface area contributed by atoms with Crippen molar-refractivity contribution in [3.63, 3.8) is 0 Å². The van der Waals surface area contributed by atoms with Gasteiger partial charge in [-0.1, -0.05) is 53.5 Å². The minimum absolute atomic E-state index is 0.0472. The molecule has 0 aromatic carbocycles. The summed E-state index contributed by atoms with van der Waals surface area (Å²) in [5, 5.41) is 17.4. The summed E-state index contributed by atoms with van der Waals surface area (Å²) in [7, 11) is 0. The van der Waals surface area contributed by atoms with Crippen LogP contribution in [0, 0.1) is 5.92 Å². The van der Waals surface area contributed by atoms with Crippen molar-refractivity contribution < 1.29 is 9.59 Å². The van der Waals surface area contributed by atoms with E-state index >= 15 is 0 Å². The Hall–Kier alpha value is -1.44. The molecule has 3 unspecified atom stereocenters. The average molecular weight is 564 g/mol. The van der Waals surface area contributed by atoms with Gasteiger partial charge in [0.2, 0.25) is 5.91 Å². The summed E-state index contributed by atoms with van der Waals surface area (Å²) in [4.78, 5) is 26.3. The summed E-state index contributed by atoms with van der Waals surface area (Å²) < 4.78 is 0. The minimum atomic E-state index is -0.0796. The smallest absolute Gasteiger partial charge is 0.222 e. The number of amides is 1. The molecule has 0 spiro atoms. The van der Waals surface area contributed by atoms with Gasteiger partial charge in [0.1, 0.15) is 5.78 Å². The van der Waals surface area contributed by atoms with Gasteiger partial charge in [0.15, 0.2) is 0 Å². The number of allylic oxidation sites excluding steroid dienone is 1. The number of nitrogens with one attached hydrogen (secondary N) is 5. The Balaban J connectivity index is 2.82. The van der Waals surface area contributed by atoms with E-state index in [1.807, 2.05) is 0 Å². The predicted molar refractivity (Wildman–Crippen MR) is 171 cm³/mol. The summed E-state index contributed by atoms with van der Waals surface area (Å²) in [6.07, 6.45) is 11.5. The molecule has 0 radical (unpaired) electrons. The SMILES string of the molecule is C=C1CC(CCCCNC(C)C)CC(=O)CC(CCCCNC(C)(C)C)NC(=O)CC(CCCCNC(C)C)N1. The van der Waals surface area contributed by atoms with E-state index in [1.165, 1.54) is 0 Å². The molecule has 1 aliphatic heterocycles. The van der Waals surface area contributed by atoms with Crippen molar-refractivity contribution in [3.8, 4) is 0 Å². The van der Waals surface area contributed by atoms with Gasteiger partial charge >= 0.3 is 0 Å². The van der Waals surface area contributed by atoms with Crippen molar-refractivity contribution in [1.29, 1.82) is 0 Å². The van der Waals surface area contributed by atoms with Crippen molar-refractivity contribution in [2.24, 2.45) is 5.92 Å². The summed E-state index contributed by atoms with van der Waals surface area (Å²) in [5.74, 6) is 0.617. The van der Waals surface area contributed by atoms with Gasteiger partial charge in [-0.3, -0.25) is 9.59 Å². The highest BCUT2D eigenvalue weighted by Gasteiger charge is 2.24. The lowest BCUT2D eigenvalue weighted by Crippen LogP contribution is -2.42. The Morgan fingerprint density at radius 2 is 1.25 bits per heavy atom. The van der Waals surface area contributed by atoms with Gasteiger partial charge in [-0.2, -0.15) is 0 Å². The van der Waals surface area contributed by atoms with Crippen LogP contribution in [0.5, 0.6) is 0 Å². The van der Waals surface area contributed by atoms with Crippen LogP contribution in [0.15, 0.2) is 12.3 Å². The quantitative estimate of drug-likeness (QED) is 0.148. The van der Waals surface area contributed by atoms with Crippen molar-refractivity contribution in [1.82, 2.24) is 26.6 Å². The van der Waals surface area contributed by atoms with Crippen LogP contribution in [0.2, 0.25) is 0 Å². The van der Waals surface area contributed by atoms with E-state index in [4.69, 9.17) is 0 Å². The lowest BCUT2D eigenvalue weighted by molar-refractivity contribution is -0.123. The number of carbonyl (C=O) groups excluding carboxylic acids is 2. The Bertz CT molecular complexity index is 670. The van der Waals surface area contributed by atoms with Gasteiger partial charge in [-0.05, 0) is 91.3 Å². The lowest BCUT2D eigenvalue weighted by atomic mass is 9.88. The second-order valence-electron chi connectivity index (χ2n) is 13.8. The third-order valence-electron chi connectivity index (χ3n) is 7.49. The zero-order valence-electron chi connectivity index (χ0n) is 27.2. The standard InChI is InChI=1S/C33H65N5O2/c1-25(2)34-18-12-9-15-28-21-27(5)37-30(17-10-13-19-35-26(3)4)24-32(40)38-29(23-31(39)22-28)16-11-14-20-36-33(6,7)8/h25-26,28-30,34-37H,5,9-24H2,1-4,6-8H3,(H,38,40). The molecule has 0 bridgehead atoms.